The minimum atomic E-state index is -0.315. The van der Waals surface area contributed by atoms with Crippen molar-refractivity contribution in [1.29, 1.82) is 0 Å². The first-order chi connectivity index (χ1) is 19.9. The van der Waals surface area contributed by atoms with Gasteiger partial charge in [0.1, 0.15) is 36.1 Å². The second-order valence-corrected chi connectivity index (χ2v) is 11.1. The van der Waals surface area contributed by atoms with Crippen molar-refractivity contribution in [2.75, 3.05) is 39.1 Å². The fourth-order valence-corrected chi connectivity index (χ4v) is 6.06. The maximum absolute atomic E-state index is 13.5. The summed E-state index contributed by atoms with van der Waals surface area (Å²) in [7, 11) is 3.74. The van der Waals surface area contributed by atoms with Gasteiger partial charge in [-0.25, -0.2) is 14.4 Å². The van der Waals surface area contributed by atoms with Crippen LogP contribution < -0.4 is 14.8 Å². The van der Waals surface area contributed by atoms with E-state index in [9.17, 15) is 9.18 Å². The molecule has 1 aromatic heterocycles. The second kappa shape index (κ2) is 14.0. The molecule has 0 bridgehead atoms. The number of halogens is 2. The van der Waals surface area contributed by atoms with Gasteiger partial charge in [-0.05, 0) is 67.9 Å². The van der Waals surface area contributed by atoms with Gasteiger partial charge in [0.15, 0.2) is 0 Å². The number of hydrogen-bond donors (Lipinski definition) is 1. The molecule has 2 atom stereocenters. The van der Waals surface area contributed by atoms with Gasteiger partial charge in [-0.1, -0.05) is 23.7 Å². The number of fused-ring (bicyclic) bond motifs is 2. The Balaban J connectivity index is 0.00000212. The van der Waals surface area contributed by atoms with Crippen molar-refractivity contribution in [3.05, 3.63) is 82.9 Å². The van der Waals surface area contributed by atoms with Crippen LogP contribution in [0.2, 0.25) is 5.02 Å². The molecule has 0 unspecified atom stereocenters. The number of amides is 1. The highest BCUT2D eigenvalue weighted by Crippen LogP contribution is 2.34. The summed E-state index contributed by atoms with van der Waals surface area (Å²) in [6.45, 7) is 2.87. The van der Waals surface area contributed by atoms with Crippen molar-refractivity contribution in [1.82, 2.24) is 19.8 Å². The van der Waals surface area contributed by atoms with Gasteiger partial charge < -0.3 is 24.6 Å². The largest absolute Gasteiger partial charge is 0.496 e. The highest BCUT2D eigenvalue weighted by molar-refractivity contribution is 7.59. The monoisotopic (exact) mass is 643 g/mol. The van der Waals surface area contributed by atoms with Crippen LogP contribution in [0.25, 0.3) is 10.9 Å². The van der Waals surface area contributed by atoms with E-state index in [4.69, 9.17) is 21.1 Å². The van der Waals surface area contributed by atoms with E-state index in [0.29, 0.717) is 51.1 Å². The number of carbonyl (C=O) groups excluding carboxylic acids is 1. The zero-order valence-corrected chi connectivity index (χ0v) is 26.7. The number of carbonyl (C=O) groups is 1. The predicted molar refractivity (Wildman–Crippen MR) is 177 cm³/mol. The van der Waals surface area contributed by atoms with Gasteiger partial charge in [0.05, 0.1) is 24.1 Å². The average molecular weight is 644 g/mol. The average Bonchev–Trinajstić information content (AvgIpc) is 3.54. The van der Waals surface area contributed by atoms with Crippen LogP contribution in [0, 0.1) is 11.7 Å². The number of rotatable bonds is 8. The molecular weight excluding hydrogens is 609 g/mol. The summed E-state index contributed by atoms with van der Waals surface area (Å²) < 4.78 is 24.9. The van der Waals surface area contributed by atoms with Crippen LogP contribution in [0.4, 0.5) is 15.9 Å². The Hall–Kier alpha value is -3.25. The van der Waals surface area contributed by atoms with E-state index in [1.165, 1.54) is 18.5 Å². The summed E-state index contributed by atoms with van der Waals surface area (Å²) in [5, 5.41) is 4.48. The molecule has 2 saturated heterocycles. The van der Waals surface area contributed by atoms with Crippen LogP contribution in [0.1, 0.15) is 17.5 Å². The molecule has 0 spiro atoms. The van der Waals surface area contributed by atoms with Crippen LogP contribution in [0.3, 0.4) is 0 Å². The SMILES string of the molecule is COc1cc2ncnc(Nc3ccc(OCc4cccc(F)c4)c(Cl)c3)c2cc1CC(=O)N1C[C@@H]2CCN(C)[C@@H]2C1.S.S. The highest BCUT2D eigenvalue weighted by Gasteiger charge is 2.41. The molecule has 12 heteroatoms. The molecule has 3 heterocycles. The number of aromatic nitrogens is 2. The van der Waals surface area contributed by atoms with Gasteiger partial charge >= 0.3 is 0 Å². The highest BCUT2D eigenvalue weighted by atomic mass is 35.5. The lowest BCUT2D eigenvalue weighted by molar-refractivity contribution is -0.129. The third kappa shape index (κ3) is 7.12. The molecule has 2 fully saturated rings. The van der Waals surface area contributed by atoms with Crippen molar-refractivity contribution < 1.29 is 18.7 Å². The molecule has 4 aromatic rings. The first-order valence-electron chi connectivity index (χ1n) is 13.6. The smallest absolute Gasteiger partial charge is 0.227 e. The van der Waals surface area contributed by atoms with Gasteiger partial charge in [0.25, 0.3) is 0 Å². The maximum atomic E-state index is 13.5. The van der Waals surface area contributed by atoms with E-state index in [1.807, 2.05) is 23.1 Å². The zero-order chi connectivity index (χ0) is 28.5. The normalized spacial score (nSPS) is 17.6. The lowest BCUT2D eigenvalue weighted by Crippen LogP contribution is -2.35. The van der Waals surface area contributed by atoms with Crippen molar-refractivity contribution in [2.45, 2.75) is 25.5 Å². The van der Waals surface area contributed by atoms with Crippen LogP contribution in [0.15, 0.2) is 60.9 Å². The van der Waals surface area contributed by atoms with Crippen LogP contribution in [-0.4, -0.2) is 65.5 Å². The fourth-order valence-electron chi connectivity index (χ4n) is 5.83. The number of nitrogens with zero attached hydrogens (tertiary/aromatic N) is 4. The molecule has 1 amide bonds. The van der Waals surface area contributed by atoms with Gasteiger partial charge in [-0.3, -0.25) is 4.79 Å². The Morgan fingerprint density at radius 3 is 2.67 bits per heavy atom. The Bertz CT molecular complexity index is 1610. The molecule has 43 heavy (non-hydrogen) atoms. The topological polar surface area (TPSA) is 79.8 Å². The molecule has 0 radical (unpaired) electrons. The Kier molecular flexibility index (Phi) is 10.7. The number of anilines is 2. The summed E-state index contributed by atoms with van der Waals surface area (Å²) in [6, 6.07) is 15.8. The molecule has 2 aliphatic heterocycles. The number of likely N-dealkylation sites (N-methyl/N-ethyl adjacent to an activating group) is 1. The van der Waals surface area contributed by atoms with Gasteiger partial charge in [0, 0.05) is 41.8 Å². The number of methoxy groups -OCH3 is 1. The van der Waals surface area contributed by atoms with Crippen LogP contribution in [-0.2, 0) is 17.8 Å². The third-order valence-corrected chi connectivity index (χ3v) is 8.33. The Morgan fingerprint density at radius 1 is 1.09 bits per heavy atom. The molecule has 1 N–H and O–H groups in total. The third-order valence-electron chi connectivity index (χ3n) is 8.04. The Labute approximate surface area is 269 Å². The number of hydrogen-bond acceptors (Lipinski definition) is 7. The number of nitrogens with one attached hydrogen (secondary N) is 1. The van der Waals surface area contributed by atoms with Gasteiger partial charge in [-0.2, -0.15) is 27.0 Å². The summed E-state index contributed by atoms with van der Waals surface area (Å²) in [5.74, 6) is 2.01. The zero-order valence-electron chi connectivity index (χ0n) is 23.9. The lowest BCUT2D eigenvalue weighted by atomic mass is 10.1. The quantitative estimate of drug-likeness (QED) is 0.265. The number of benzene rings is 3. The predicted octanol–water partition coefficient (Wildman–Crippen LogP) is 5.68. The van der Waals surface area contributed by atoms with E-state index in [0.717, 1.165) is 37.0 Å². The molecule has 3 aromatic carbocycles. The fraction of sp³-hybridized carbons (Fsp3) is 0.323. The molecule has 0 aliphatic carbocycles. The summed E-state index contributed by atoms with van der Waals surface area (Å²) in [4.78, 5) is 26.6. The number of ether oxygens (including phenoxy) is 2. The molecule has 6 rings (SSSR count). The molecule has 8 nitrogen and oxygen atoms in total. The van der Waals surface area contributed by atoms with Crippen molar-refractivity contribution in [2.24, 2.45) is 5.92 Å². The Morgan fingerprint density at radius 2 is 1.93 bits per heavy atom. The minimum Gasteiger partial charge on any atom is -0.496 e. The van der Waals surface area contributed by atoms with E-state index in [-0.39, 0.29) is 51.7 Å². The first kappa shape index (κ1) is 32.7. The lowest BCUT2D eigenvalue weighted by Gasteiger charge is -2.21. The second-order valence-electron chi connectivity index (χ2n) is 10.7. The minimum absolute atomic E-state index is 0. The summed E-state index contributed by atoms with van der Waals surface area (Å²) in [5.41, 5.74) is 2.89. The summed E-state index contributed by atoms with van der Waals surface area (Å²) in [6.07, 6.45) is 2.85. The van der Waals surface area contributed by atoms with E-state index in [2.05, 4.69) is 27.2 Å². The molecule has 0 saturated carbocycles. The van der Waals surface area contributed by atoms with Crippen molar-refractivity contribution in [3.63, 3.8) is 0 Å². The van der Waals surface area contributed by atoms with Crippen LogP contribution >= 0.6 is 38.6 Å². The van der Waals surface area contributed by atoms with E-state index < -0.39 is 0 Å². The summed E-state index contributed by atoms with van der Waals surface area (Å²) >= 11 is 6.51. The molecule has 2 aliphatic rings. The van der Waals surface area contributed by atoms with Gasteiger partial charge in [-0.15, -0.1) is 0 Å². The van der Waals surface area contributed by atoms with E-state index in [1.54, 1.807) is 31.4 Å². The standard InChI is InChI=1S/C31H31ClFN5O3.2H2S/c1-37-9-8-20-15-38(16-27(20)37)30(39)12-21-11-24-26(14-29(21)40-2)34-18-35-31(24)36-23-6-7-28(25(32)13-23)41-17-19-4-3-5-22(33)10-19;;/h3-7,10-11,13-14,18,20,27H,8-9,12,15-17H2,1-2H3,(H,34,35,36);2*1H2/t20-,27+;;/m0../s1. The first-order valence-corrected chi connectivity index (χ1v) is 14.0. The molecule has 228 valence electrons. The van der Waals surface area contributed by atoms with Crippen molar-refractivity contribution in [3.8, 4) is 11.5 Å². The van der Waals surface area contributed by atoms with Crippen LogP contribution in [0.5, 0.6) is 11.5 Å². The maximum Gasteiger partial charge on any atom is 0.227 e. The van der Waals surface area contributed by atoms with E-state index >= 15 is 0 Å². The van der Waals surface area contributed by atoms with Gasteiger partial charge in [0.2, 0.25) is 5.91 Å². The van der Waals surface area contributed by atoms with Crippen molar-refractivity contribution >= 4 is 66.9 Å². The molecular formula is C31H35ClFN5O3S2. The number of likely N-dealkylation sites (tertiary alicyclic amines) is 2.